The molecule has 1 unspecified atom stereocenters. The van der Waals surface area contributed by atoms with Gasteiger partial charge in [0.05, 0.1) is 26.9 Å². The van der Waals surface area contributed by atoms with Crippen molar-refractivity contribution in [1.29, 1.82) is 0 Å². The fraction of sp³-hybridized carbons (Fsp3) is 0.647. The van der Waals surface area contributed by atoms with Gasteiger partial charge in [0, 0.05) is 6.54 Å². The molecule has 0 aliphatic heterocycles. The largest absolute Gasteiger partial charge is 0.493 e. The molecule has 5 nitrogen and oxygen atoms in total. The zero-order valence-electron chi connectivity index (χ0n) is 13.9. The van der Waals surface area contributed by atoms with Crippen molar-refractivity contribution in [3.05, 3.63) is 17.7 Å². The Bertz CT molecular complexity index is 476. The first-order valence-electron chi connectivity index (χ1n) is 7.90. The molecular formula is C17H28N2O3. The Morgan fingerprint density at radius 3 is 1.95 bits per heavy atom. The quantitative estimate of drug-likeness (QED) is 0.843. The molecule has 4 N–H and O–H groups in total. The Morgan fingerprint density at radius 2 is 1.55 bits per heavy atom. The predicted octanol–water partition coefficient (Wildman–Crippen LogP) is 2.41. The van der Waals surface area contributed by atoms with Crippen molar-refractivity contribution in [1.82, 2.24) is 0 Å². The highest BCUT2D eigenvalue weighted by atomic mass is 16.5. The van der Waals surface area contributed by atoms with Crippen LogP contribution >= 0.6 is 0 Å². The van der Waals surface area contributed by atoms with Gasteiger partial charge in [-0.05, 0) is 36.5 Å². The Labute approximate surface area is 132 Å². The van der Waals surface area contributed by atoms with Crippen molar-refractivity contribution in [2.24, 2.45) is 17.4 Å². The average molecular weight is 308 g/mol. The third kappa shape index (κ3) is 3.01. The van der Waals surface area contributed by atoms with Crippen molar-refractivity contribution in [3.8, 4) is 17.2 Å². The molecule has 0 heterocycles. The maximum atomic E-state index is 6.76. The fourth-order valence-electron chi connectivity index (χ4n) is 3.49. The Hall–Kier alpha value is -1.46. The minimum absolute atomic E-state index is 0.383. The van der Waals surface area contributed by atoms with Gasteiger partial charge in [-0.25, -0.2) is 0 Å². The smallest absolute Gasteiger partial charge is 0.203 e. The van der Waals surface area contributed by atoms with Crippen LogP contribution < -0.4 is 25.7 Å². The van der Waals surface area contributed by atoms with Gasteiger partial charge < -0.3 is 25.7 Å². The van der Waals surface area contributed by atoms with E-state index in [0.29, 0.717) is 29.7 Å². The van der Waals surface area contributed by atoms with Gasteiger partial charge >= 0.3 is 0 Å². The number of methoxy groups -OCH3 is 3. The highest BCUT2D eigenvalue weighted by molar-refractivity contribution is 5.55. The van der Waals surface area contributed by atoms with Gasteiger partial charge in [0.1, 0.15) is 0 Å². The minimum Gasteiger partial charge on any atom is -0.493 e. The topological polar surface area (TPSA) is 79.7 Å². The Balaban J connectivity index is 2.47. The molecule has 1 atom stereocenters. The number of hydrogen-bond acceptors (Lipinski definition) is 5. The van der Waals surface area contributed by atoms with Gasteiger partial charge in [-0.1, -0.05) is 19.3 Å². The molecule has 2 rings (SSSR count). The maximum absolute atomic E-state index is 6.76. The summed E-state index contributed by atoms with van der Waals surface area (Å²) < 4.78 is 16.3. The van der Waals surface area contributed by atoms with E-state index in [1.54, 1.807) is 21.3 Å². The van der Waals surface area contributed by atoms with E-state index in [-0.39, 0.29) is 0 Å². The van der Waals surface area contributed by atoms with Crippen LogP contribution in [0.1, 0.15) is 37.7 Å². The van der Waals surface area contributed by atoms with Gasteiger partial charge in [0.15, 0.2) is 11.5 Å². The molecule has 1 aromatic carbocycles. The zero-order chi connectivity index (χ0) is 16.2. The number of hydrogen-bond donors (Lipinski definition) is 2. The predicted molar refractivity (Wildman–Crippen MR) is 87.6 cm³/mol. The van der Waals surface area contributed by atoms with Crippen LogP contribution in [0.4, 0.5) is 0 Å². The molecule has 1 fully saturated rings. The van der Waals surface area contributed by atoms with Gasteiger partial charge in [-0.3, -0.25) is 0 Å². The lowest BCUT2D eigenvalue weighted by atomic mass is 9.71. The molecule has 1 aliphatic carbocycles. The van der Waals surface area contributed by atoms with Crippen LogP contribution in [0.15, 0.2) is 12.1 Å². The monoisotopic (exact) mass is 308 g/mol. The Kier molecular flexibility index (Phi) is 5.53. The second kappa shape index (κ2) is 7.20. The SMILES string of the molecule is COc1cc(C(N)(CN)C2CCCCC2)cc(OC)c1OC. The lowest BCUT2D eigenvalue weighted by Crippen LogP contribution is -2.50. The zero-order valence-corrected chi connectivity index (χ0v) is 13.9. The van der Waals surface area contributed by atoms with E-state index in [1.807, 2.05) is 12.1 Å². The van der Waals surface area contributed by atoms with Crippen LogP contribution in [0.3, 0.4) is 0 Å². The summed E-state index contributed by atoms with van der Waals surface area (Å²) in [5.74, 6) is 2.21. The minimum atomic E-state index is -0.562. The van der Waals surface area contributed by atoms with Crippen molar-refractivity contribution >= 4 is 0 Å². The summed E-state index contributed by atoms with van der Waals surface area (Å²) in [5, 5.41) is 0. The summed E-state index contributed by atoms with van der Waals surface area (Å²) in [6, 6.07) is 3.87. The molecule has 0 bridgehead atoms. The fourth-order valence-corrected chi connectivity index (χ4v) is 3.49. The third-order valence-corrected chi connectivity index (χ3v) is 4.87. The second-order valence-electron chi connectivity index (χ2n) is 5.99. The molecule has 0 saturated heterocycles. The van der Waals surface area contributed by atoms with Crippen molar-refractivity contribution in [2.75, 3.05) is 27.9 Å². The van der Waals surface area contributed by atoms with Crippen LogP contribution in [0.2, 0.25) is 0 Å². The summed E-state index contributed by atoms with van der Waals surface area (Å²) in [6.45, 7) is 0.399. The average Bonchev–Trinajstić information content (AvgIpc) is 2.60. The van der Waals surface area contributed by atoms with E-state index in [9.17, 15) is 0 Å². The van der Waals surface area contributed by atoms with Gasteiger partial charge in [0.25, 0.3) is 0 Å². The maximum Gasteiger partial charge on any atom is 0.203 e. The highest BCUT2D eigenvalue weighted by Gasteiger charge is 2.37. The highest BCUT2D eigenvalue weighted by Crippen LogP contribution is 2.44. The normalized spacial score (nSPS) is 18.6. The van der Waals surface area contributed by atoms with Crippen LogP contribution in [0.25, 0.3) is 0 Å². The first kappa shape index (κ1) is 16.9. The van der Waals surface area contributed by atoms with Gasteiger partial charge in [-0.2, -0.15) is 0 Å². The third-order valence-electron chi connectivity index (χ3n) is 4.87. The molecule has 1 aliphatic rings. The lowest BCUT2D eigenvalue weighted by molar-refractivity contribution is 0.210. The van der Waals surface area contributed by atoms with E-state index in [1.165, 1.54) is 19.3 Å². The molecule has 0 radical (unpaired) electrons. The number of ether oxygens (including phenoxy) is 3. The standard InChI is InChI=1S/C17H28N2O3/c1-20-14-9-13(10-15(21-2)16(14)22-3)17(19,11-18)12-7-5-4-6-8-12/h9-10,12H,4-8,11,18-19H2,1-3H3. The summed E-state index contributed by atoms with van der Waals surface area (Å²) >= 11 is 0. The van der Waals surface area contributed by atoms with E-state index >= 15 is 0 Å². The Morgan fingerprint density at radius 1 is 1.00 bits per heavy atom. The molecule has 5 heteroatoms. The van der Waals surface area contributed by atoms with Crippen molar-refractivity contribution in [2.45, 2.75) is 37.6 Å². The summed E-state index contributed by atoms with van der Waals surface area (Å²) in [4.78, 5) is 0. The summed E-state index contributed by atoms with van der Waals surface area (Å²) in [5.41, 5.74) is 13.2. The summed E-state index contributed by atoms with van der Waals surface area (Å²) in [6.07, 6.45) is 5.95. The van der Waals surface area contributed by atoms with Crippen molar-refractivity contribution in [3.63, 3.8) is 0 Å². The molecule has 0 aromatic heterocycles. The molecule has 124 valence electrons. The van der Waals surface area contributed by atoms with E-state index in [2.05, 4.69) is 0 Å². The van der Waals surface area contributed by atoms with E-state index < -0.39 is 5.54 Å². The molecular weight excluding hydrogens is 280 g/mol. The molecule has 1 aromatic rings. The lowest BCUT2D eigenvalue weighted by Gasteiger charge is -2.39. The van der Waals surface area contributed by atoms with Crippen LogP contribution in [-0.4, -0.2) is 27.9 Å². The van der Waals surface area contributed by atoms with E-state index in [4.69, 9.17) is 25.7 Å². The van der Waals surface area contributed by atoms with Crippen molar-refractivity contribution < 1.29 is 14.2 Å². The van der Waals surface area contributed by atoms with Crippen LogP contribution in [0, 0.1) is 5.92 Å². The van der Waals surface area contributed by atoms with E-state index in [0.717, 1.165) is 18.4 Å². The number of rotatable bonds is 6. The van der Waals surface area contributed by atoms with Gasteiger partial charge in [0.2, 0.25) is 5.75 Å². The number of benzene rings is 1. The molecule has 1 saturated carbocycles. The summed E-state index contributed by atoms with van der Waals surface area (Å²) in [7, 11) is 4.82. The second-order valence-corrected chi connectivity index (χ2v) is 5.99. The first-order valence-corrected chi connectivity index (χ1v) is 7.90. The van der Waals surface area contributed by atoms with Crippen LogP contribution in [0.5, 0.6) is 17.2 Å². The first-order chi connectivity index (χ1) is 10.6. The van der Waals surface area contributed by atoms with Gasteiger partial charge in [-0.15, -0.1) is 0 Å². The molecule has 22 heavy (non-hydrogen) atoms. The molecule has 0 amide bonds. The molecule has 0 spiro atoms. The van der Waals surface area contributed by atoms with Crippen LogP contribution in [-0.2, 0) is 5.54 Å². The number of nitrogens with two attached hydrogens (primary N) is 2.